The summed E-state index contributed by atoms with van der Waals surface area (Å²) in [6, 6.07) is 17.1. The highest BCUT2D eigenvalue weighted by molar-refractivity contribution is 7.13. The standard InChI is InChI=1S/C60H82N8O12S/c1-42-56(81-41-64-42)44-18-16-43(17-19-44)36-63-58(74)50-34-47(69)39-68(50)59(75)57(60(2,3)4)65-55(73)40-79-32-31-78-30-29-77-28-27-76-26-23-62-54(72)15-9-7-5-6-8-12-25-80-48-20-22-61-53(35-48)67-38-45-33-46(67)37-66(45)24-21-52(71)49-13-10-11-14-51(49)70/h10-11,13-14,16-22,24,35,41,45-47,50,57,69-70H,5-9,12,15,23,25-34,36-40H2,1-4H3,(H,62,72)(H,63,74)(H,65,73)/b24-21+/t45-,46-,47-,50+,57-/m1/s1. The number of phenolic OH excluding ortho intramolecular Hbond substituents is 1. The maximum absolute atomic E-state index is 13.9. The molecule has 3 aliphatic heterocycles. The molecule has 0 saturated carbocycles. The summed E-state index contributed by atoms with van der Waals surface area (Å²) < 4.78 is 28.3. The lowest BCUT2D eigenvalue weighted by atomic mass is 9.85. The number of carbonyl (C=O) groups excluding carboxylic acids is 5. The van der Waals surface area contributed by atoms with Crippen molar-refractivity contribution < 1.29 is 57.9 Å². The van der Waals surface area contributed by atoms with Gasteiger partial charge in [0, 0.05) is 82.2 Å². The van der Waals surface area contributed by atoms with Crippen LogP contribution in [0.15, 0.2) is 84.6 Å². The number of nitrogens with zero attached hydrogens (tertiary/aromatic N) is 5. The van der Waals surface area contributed by atoms with E-state index in [4.69, 9.17) is 23.7 Å². The number of β-amino-alcohol motifs (C(OH)–C–C–N with tert-alkyl or cyclic N) is 1. The number of thiazole rings is 1. The van der Waals surface area contributed by atoms with Crippen molar-refractivity contribution in [1.82, 2.24) is 35.7 Å². The van der Waals surface area contributed by atoms with Crippen LogP contribution in [0.2, 0.25) is 0 Å². The van der Waals surface area contributed by atoms with Gasteiger partial charge in [0.15, 0.2) is 5.78 Å². The molecule has 5 heterocycles. The number of ether oxygens (including phenoxy) is 5. The molecule has 0 spiro atoms. The molecule has 5 atom stereocenters. The van der Waals surface area contributed by atoms with E-state index in [0.29, 0.717) is 70.3 Å². The van der Waals surface area contributed by atoms with E-state index in [-0.39, 0.29) is 62.7 Å². The molecule has 440 valence electrons. The van der Waals surface area contributed by atoms with E-state index in [1.165, 1.54) is 11.0 Å². The molecule has 4 amide bonds. The number of phenols is 1. The first-order chi connectivity index (χ1) is 39.1. The normalized spacial score (nSPS) is 18.2. The van der Waals surface area contributed by atoms with Crippen molar-refractivity contribution in [3.63, 3.8) is 0 Å². The summed E-state index contributed by atoms with van der Waals surface area (Å²) in [5.41, 5.74) is 4.30. The van der Waals surface area contributed by atoms with Gasteiger partial charge < -0.3 is 64.5 Å². The van der Waals surface area contributed by atoms with Crippen molar-refractivity contribution in [2.24, 2.45) is 5.41 Å². The number of nitrogens with one attached hydrogen (secondary N) is 3. The van der Waals surface area contributed by atoms with Crippen LogP contribution in [0, 0.1) is 12.3 Å². The molecule has 4 aromatic rings. The molecule has 3 fully saturated rings. The van der Waals surface area contributed by atoms with Gasteiger partial charge in [-0.05, 0) is 60.9 Å². The number of aromatic hydroxyl groups is 1. The second-order valence-electron chi connectivity index (χ2n) is 21.8. The number of piperazine rings is 1. The predicted molar refractivity (Wildman–Crippen MR) is 308 cm³/mol. The zero-order valence-electron chi connectivity index (χ0n) is 47.4. The topological polar surface area (TPSA) is 244 Å². The third kappa shape index (κ3) is 19.3. The highest BCUT2D eigenvalue weighted by Crippen LogP contribution is 2.35. The van der Waals surface area contributed by atoms with Gasteiger partial charge in [0.1, 0.15) is 36.0 Å². The number of aliphatic hydroxyl groups is 1. The van der Waals surface area contributed by atoms with Gasteiger partial charge in [0.05, 0.1) is 80.6 Å². The summed E-state index contributed by atoms with van der Waals surface area (Å²) in [6.07, 6.45) is 11.9. The molecule has 5 N–H and O–H groups in total. The molecule has 3 aliphatic rings. The van der Waals surface area contributed by atoms with Crippen LogP contribution in [0.5, 0.6) is 11.5 Å². The Kier molecular flexibility index (Phi) is 24.3. The minimum atomic E-state index is -0.970. The maximum Gasteiger partial charge on any atom is 0.246 e. The van der Waals surface area contributed by atoms with Crippen molar-refractivity contribution in [2.75, 3.05) is 90.5 Å². The number of allylic oxidation sites excluding steroid dienone is 1. The number of pyridine rings is 1. The SMILES string of the molecule is Cc1ncsc1-c1ccc(CNC(=O)[C@@H]2C[C@@H](O)CN2C(=O)[C@@H](NC(=O)COCCOCCOCCOCCNC(=O)CCCCCCCCOc2ccnc(N3C[C@H]4C[C@@H]3CN4/C=C/C(=O)c3ccccc3O)c2)C(C)(C)C)cc1. The average Bonchev–Trinajstić information content (AvgIpc) is 4.50. The van der Waals surface area contributed by atoms with Gasteiger partial charge in [-0.15, -0.1) is 11.3 Å². The molecule has 20 nitrogen and oxygen atoms in total. The Hall–Kier alpha value is -6.49. The van der Waals surface area contributed by atoms with E-state index in [2.05, 4.69) is 35.7 Å². The van der Waals surface area contributed by atoms with E-state index in [1.807, 2.05) is 75.8 Å². The number of likely N-dealkylation sites (tertiary alicyclic amines) is 2. The number of fused-ring (bicyclic) bond motifs is 2. The smallest absolute Gasteiger partial charge is 0.246 e. The van der Waals surface area contributed by atoms with Crippen LogP contribution in [-0.2, 0) is 44.7 Å². The van der Waals surface area contributed by atoms with Gasteiger partial charge in [0.2, 0.25) is 23.6 Å². The predicted octanol–water partition coefficient (Wildman–Crippen LogP) is 5.98. The second kappa shape index (κ2) is 31.6. The molecule has 0 aliphatic carbocycles. The molecule has 2 aromatic heterocycles. The van der Waals surface area contributed by atoms with Crippen molar-refractivity contribution >= 4 is 46.6 Å². The van der Waals surface area contributed by atoms with Crippen molar-refractivity contribution in [2.45, 2.75) is 122 Å². The third-order valence-corrected chi connectivity index (χ3v) is 15.6. The van der Waals surface area contributed by atoms with Gasteiger partial charge >= 0.3 is 0 Å². The van der Waals surface area contributed by atoms with Crippen LogP contribution < -0.4 is 25.6 Å². The Bertz CT molecular complexity index is 2680. The lowest BCUT2D eigenvalue weighted by Crippen LogP contribution is -2.58. The summed E-state index contributed by atoms with van der Waals surface area (Å²) in [5.74, 6) is 0.199. The fourth-order valence-corrected chi connectivity index (χ4v) is 11.0. The number of rotatable bonds is 34. The first kappa shape index (κ1) is 62.1. The van der Waals surface area contributed by atoms with Crippen LogP contribution in [0.3, 0.4) is 0 Å². The van der Waals surface area contributed by atoms with Crippen LogP contribution >= 0.6 is 11.3 Å². The Labute approximate surface area is 479 Å². The number of hydrogen-bond donors (Lipinski definition) is 5. The molecule has 81 heavy (non-hydrogen) atoms. The molecule has 7 rings (SSSR count). The number of ketones is 1. The monoisotopic (exact) mass is 1140 g/mol. The molecular weight excluding hydrogens is 1060 g/mol. The number of benzene rings is 2. The van der Waals surface area contributed by atoms with Gasteiger partial charge in [-0.2, -0.15) is 0 Å². The second-order valence-corrected chi connectivity index (χ2v) is 22.7. The fraction of sp³-hybridized carbons (Fsp3) is 0.550. The van der Waals surface area contributed by atoms with Crippen LogP contribution in [0.25, 0.3) is 10.4 Å². The van der Waals surface area contributed by atoms with E-state index in [1.54, 1.807) is 41.8 Å². The van der Waals surface area contributed by atoms with Crippen LogP contribution in [-0.4, -0.2) is 175 Å². The number of aromatic nitrogens is 2. The van der Waals surface area contributed by atoms with Crippen LogP contribution in [0.1, 0.15) is 100 Å². The fourth-order valence-electron chi connectivity index (χ4n) is 10.2. The van der Waals surface area contributed by atoms with Crippen LogP contribution in [0.4, 0.5) is 5.82 Å². The number of hydrogen-bond acceptors (Lipinski definition) is 17. The summed E-state index contributed by atoms with van der Waals surface area (Å²) in [4.78, 5) is 81.1. The van der Waals surface area contributed by atoms with E-state index in [0.717, 1.165) is 91.3 Å². The summed E-state index contributed by atoms with van der Waals surface area (Å²) >= 11 is 1.57. The highest BCUT2D eigenvalue weighted by Gasteiger charge is 2.45. The Balaban J connectivity index is 0.635. The third-order valence-electron chi connectivity index (χ3n) is 14.6. The lowest BCUT2D eigenvalue weighted by Gasteiger charge is -2.35. The van der Waals surface area contributed by atoms with Crippen molar-refractivity contribution in [3.05, 3.63) is 101 Å². The number of anilines is 1. The Morgan fingerprint density at radius 3 is 2.17 bits per heavy atom. The van der Waals surface area contributed by atoms with E-state index in [9.17, 15) is 34.2 Å². The van der Waals surface area contributed by atoms with Gasteiger partial charge in [-0.3, -0.25) is 24.0 Å². The van der Waals surface area contributed by atoms with Gasteiger partial charge in [-0.25, -0.2) is 9.97 Å². The highest BCUT2D eigenvalue weighted by atomic mass is 32.1. The van der Waals surface area contributed by atoms with Gasteiger partial charge in [-0.1, -0.05) is 82.9 Å². The van der Waals surface area contributed by atoms with E-state index >= 15 is 0 Å². The Morgan fingerprint density at radius 2 is 1.48 bits per heavy atom. The molecule has 0 radical (unpaired) electrons. The maximum atomic E-state index is 13.9. The molecule has 2 bridgehead atoms. The summed E-state index contributed by atoms with van der Waals surface area (Å²) in [7, 11) is 0. The molecule has 3 saturated heterocycles. The first-order valence-electron chi connectivity index (χ1n) is 28.4. The molecule has 21 heteroatoms. The minimum absolute atomic E-state index is 0.0115. The number of carbonyl (C=O) groups is 5. The zero-order valence-corrected chi connectivity index (χ0v) is 48.2. The van der Waals surface area contributed by atoms with Crippen molar-refractivity contribution in [3.8, 4) is 21.9 Å². The van der Waals surface area contributed by atoms with E-state index < -0.39 is 35.4 Å². The molecule has 2 aromatic carbocycles. The zero-order chi connectivity index (χ0) is 57.6. The largest absolute Gasteiger partial charge is 0.507 e. The Morgan fingerprint density at radius 1 is 0.778 bits per heavy atom. The lowest BCUT2D eigenvalue weighted by molar-refractivity contribution is -0.144. The minimum Gasteiger partial charge on any atom is -0.507 e. The van der Waals surface area contributed by atoms with Crippen molar-refractivity contribution in [1.29, 1.82) is 0 Å². The number of aliphatic hydroxyl groups excluding tert-OH is 1. The average molecular weight is 1140 g/mol. The quantitative estimate of drug-likeness (QED) is 0.0205. The number of amides is 4. The van der Waals surface area contributed by atoms with Gasteiger partial charge in [0.25, 0.3) is 0 Å². The number of aryl methyl sites for hydroxylation is 1. The summed E-state index contributed by atoms with van der Waals surface area (Å²) in [5, 5.41) is 29.2. The molecule has 0 unspecified atom stereocenters. The number of unbranched alkanes of at least 4 members (excludes halogenated alkanes) is 5. The first-order valence-corrected chi connectivity index (χ1v) is 29.3. The molecular formula is C60H82N8O12S. The summed E-state index contributed by atoms with van der Waals surface area (Å²) in [6.45, 7) is 12.3. The number of para-hydroxylation sites is 1.